The molecule has 0 aromatic heterocycles. The SMILES string of the molecule is COc1cc(C2=CN(C)C(O)C(C)=C2)ccc1CN1CCN(Cc2cccc(O)c2)CC1. The number of methoxy groups -OCH3 is 1. The summed E-state index contributed by atoms with van der Waals surface area (Å²) >= 11 is 0. The number of phenolic OH excluding ortho intramolecular Hbond substituents is 1. The van der Waals surface area contributed by atoms with Crippen LogP contribution in [-0.4, -0.2) is 71.5 Å². The average Bonchev–Trinajstić information content (AvgIpc) is 2.78. The molecule has 1 fully saturated rings. The minimum absolute atomic E-state index is 0.328. The first-order valence-electron chi connectivity index (χ1n) is 11.1. The third-order valence-corrected chi connectivity index (χ3v) is 6.31. The van der Waals surface area contributed by atoms with E-state index in [-0.39, 0.29) is 0 Å². The predicted octanol–water partition coefficient (Wildman–Crippen LogP) is 3.27. The van der Waals surface area contributed by atoms with Gasteiger partial charge in [0.1, 0.15) is 17.7 Å². The molecule has 32 heavy (non-hydrogen) atoms. The van der Waals surface area contributed by atoms with Gasteiger partial charge in [-0.05, 0) is 53.5 Å². The summed E-state index contributed by atoms with van der Waals surface area (Å²) in [4.78, 5) is 6.71. The fourth-order valence-corrected chi connectivity index (χ4v) is 4.44. The number of benzene rings is 2. The molecule has 2 aliphatic rings. The van der Waals surface area contributed by atoms with Crippen molar-refractivity contribution in [2.24, 2.45) is 0 Å². The highest BCUT2D eigenvalue weighted by atomic mass is 16.5. The van der Waals surface area contributed by atoms with Crippen LogP contribution in [0.2, 0.25) is 0 Å². The zero-order valence-corrected chi connectivity index (χ0v) is 19.2. The van der Waals surface area contributed by atoms with Crippen LogP contribution >= 0.6 is 0 Å². The summed E-state index contributed by atoms with van der Waals surface area (Å²) in [5.41, 5.74) is 5.41. The van der Waals surface area contributed by atoms with Gasteiger partial charge in [-0.15, -0.1) is 0 Å². The van der Waals surface area contributed by atoms with Gasteiger partial charge in [0, 0.05) is 58.1 Å². The normalized spacial score (nSPS) is 20.1. The number of hydrogen-bond donors (Lipinski definition) is 2. The number of ether oxygens (including phenoxy) is 1. The molecule has 0 bridgehead atoms. The minimum atomic E-state index is -0.564. The zero-order valence-electron chi connectivity index (χ0n) is 19.2. The first kappa shape index (κ1) is 22.4. The monoisotopic (exact) mass is 435 g/mol. The lowest BCUT2D eigenvalue weighted by molar-refractivity contribution is 0.0868. The summed E-state index contributed by atoms with van der Waals surface area (Å²) in [6.07, 6.45) is 3.44. The highest BCUT2D eigenvalue weighted by Gasteiger charge is 2.20. The summed E-state index contributed by atoms with van der Waals surface area (Å²) in [6.45, 7) is 7.67. The van der Waals surface area contributed by atoms with E-state index in [4.69, 9.17) is 4.74 Å². The van der Waals surface area contributed by atoms with Crippen LogP contribution in [0.5, 0.6) is 11.5 Å². The van der Waals surface area contributed by atoms with E-state index < -0.39 is 6.23 Å². The van der Waals surface area contributed by atoms with Crippen molar-refractivity contribution in [2.45, 2.75) is 26.2 Å². The Bertz CT molecular complexity index is 1010. The van der Waals surface area contributed by atoms with Crippen molar-refractivity contribution in [1.29, 1.82) is 0 Å². The molecule has 1 saturated heterocycles. The molecule has 2 N–H and O–H groups in total. The standard InChI is InChI=1S/C26H33N3O3/c1-19-13-23(17-27(2)26(19)31)21-7-8-22(25(15-21)32-3)18-29-11-9-28(10-12-29)16-20-5-4-6-24(30)14-20/h4-8,13-15,17,26,30-31H,9-12,16,18H2,1-3H3. The van der Waals surface area contributed by atoms with Gasteiger partial charge >= 0.3 is 0 Å². The number of aliphatic hydroxyl groups excluding tert-OH is 1. The van der Waals surface area contributed by atoms with E-state index in [2.05, 4.69) is 34.1 Å². The van der Waals surface area contributed by atoms with Crippen molar-refractivity contribution < 1.29 is 14.9 Å². The number of hydrogen-bond acceptors (Lipinski definition) is 6. The Morgan fingerprint density at radius 3 is 2.38 bits per heavy atom. The highest BCUT2D eigenvalue weighted by molar-refractivity contribution is 5.76. The Balaban J connectivity index is 1.38. The Morgan fingerprint density at radius 1 is 1.00 bits per heavy atom. The van der Waals surface area contributed by atoms with Crippen LogP contribution in [-0.2, 0) is 13.1 Å². The second-order valence-corrected chi connectivity index (χ2v) is 8.76. The van der Waals surface area contributed by atoms with E-state index in [1.165, 1.54) is 5.56 Å². The molecule has 4 rings (SSSR count). The smallest absolute Gasteiger partial charge is 0.148 e. The van der Waals surface area contributed by atoms with Crippen LogP contribution in [0.15, 0.2) is 60.3 Å². The Kier molecular flexibility index (Phi) is 6.84. The number of aromatic hydroxyl groups is 1. The third-order valence-electron chi connectivity index (χ3n) is 6.31. The summed E-state index contributed by atoms with van der Waals surface area (Å²) in [5.74, 6) is 1.22. The molecule has 170 valence electrons. The number of nitrogens with zero attached hydrogens (tertiary/aromatic N) is 3. The lowest BCUT2D eigenvalue weighted by atomic mass is 9.98. The van der Waals surface area contributed by atoms with Crippen LogP contribution in [0, 0.1) is 0 Å². The Labute approximate surface area is 190 Å². The number of piperazine rings is 1. The molecule has 0 radical (unpaired) electrons. The summed E-state index contributed by atoms with van der Waals surface area (Å²) in [7, 11) is 3.61. The summed E-state index contributed by atoms with van der Waals surface area (Å²) in [5, 5.41) is 19.8. The van der Waals surface area contributed by atoms with E-state index in [1.807, 2.05) is 43.3 Å². The Hall–Kier alpha value is -2.80. The van der Waals surface area contributed by atoms with Crippen LogP contribution in [0.4, 0.5) is 0 Å². The second-order valence-electron chi connectivity index (χ2n) is 8.76. The number of phenols is 1. The molecular weight excluding hydrogens is 402 g/mol. The van der Waals surface area contributed by atoms with Crippen LogP contribution < -0.4 is 4.74 Å². The average molecular weight is 436 g/mol. The third kappa shape index (κ3) is 5.15. The maximum atomic E-state index is 10.1. The minimum Gasteiger partial charge on any atom is -0.508 e. The molecule has 2 heterocycles. The van der Waals surface area contributed by atoms with Gasteiger partial charge in [-0.2, -0.15) is 0 Å². The van der Waals surface area contributed by atoms with Gasteiger partial charge in [-0.3, -0.25) is 9.80 Å². The fourth-order valence-electron chi connectivity index (χ4n) is 4.44. The van der Waals surface area contributed by atoms with Crippen molar-refractivity contribution in [3.8, 4) is 11.5 Å². The summed E-state index contributed by atoms with van der Waals surface area (Å²) < 4.78 is 5.73. The quantitative estimate of drug-likeness (QED) is 0.726. The van der Waals surface area contributed by atoms with E-state index in [0.717, 1.165) is 67.3 Å². The van der Waals surface area contributed by atoms with E-state index in [9.17, 15) is 10.2 Å². The summed E-state index contributed by atoms with van der Waals surface area (Å²) in [6, 6.07) is 13.9. The number of allylic oxidation sites excluding steroid dienone is 2. The van der Waals surface area contributed by atoms with Crippen molar-refractivity contribution in [2.75, 3.05) is 40.3 Å². The molecule has 2 aliphatic heterocycles. The molecule has 0 amide bonds. The van der Waals surface area contributed by atoms with Gasteiger partial charge < -0.3 is 19.8 Å². The van der Waals surface area contributed by atoms with Gasteiger partial charge in [-0.1, -0.05) is 24.3 Å². The fraction of sp³-hybridized carbons (Fsp3) is 0.385. The van der Waals surface area contributed by atoms with Crippen molar-refractivity contribution >= 4 is 5.57 Å². The second kappa shape index (κ2) is 9.77. The molecule has 1 unspecified atom stereocenters. The molecule has 6 nitrogen and oxygen atoms in total. The Morgan fingerprint density at radius 2 is 1.72 bits per heavy atom. The van der Waals surface area contributed by atoms with Crippen LogP contribution in [0.3, 0.4) is 0 Å². The molecule has 2 aromatic rings. The lowest BCUT2D eigenvalue weighted by Gasteiger charge is -2.35. The first-order chi connectivity index (χ1) is 15.4. The number of aliphatic hydroxyl groups is 1. The molecule has 0 aliphatic carbocycles. The van der Waals surface area contributed by atoms with Crippen LogP contribution in [0.25, 0.3) is 5.57 Å². The van der Waals surface area contributed by atoms with Gasteiger partial charge in [0.05, 0.1) is 7.11 Å². The van der Waals surface area contributed by atoms with Gasteiger partial charge in [0.15, 0.2) is 0 Å². The zero-order chi connectivity index (χ0) is 22.7. The first-order valence-corrected chi connectivity index (χ1v) is 11.1. The molecule has 1 atom stereocenters. The molecule has 6 heteroatoms. The number of rotatable bonds is 6. The largest absolute Gasteiger partial charge is 0.508 e. The van der Waals surface area contributed by atoms with Gasteiger partial charge in [0.2, 0.25) is 0 Å². The molecule has 0 saturated carbocycles. The van der Waals surface area contributed by atoms with E-state index in [1.54, 1.807) is 13.2 Å². The van der Waals surface area contributed by atoms with Crippen molar-refractivity contribution in [3.63, 3.8) is 0 Å². The molecule has 2 aromatic carbocycles. The van der Waals surface area contributed by atoms with Crippen LogP contribution in [0.1, 0.15) is 23.6 Å². The predicted molar refractivity (Wildman–Crippen MR) is 127 cm³/mol. The van der Waals surface area contributed by atoms with Crippen molar-refractivity contribution in [3.05, 3.63) is 77.0 Å². The molecular formula is C26H33N3O3. The highest BCUT2D eigenvalue weighted by Crippen LogP contribution is 2.30. The van der Waals surface area contributed by atoms with Crippen molar-refractivity contribution in [1.82, 2.24) is 14.7 Å². The van der Waals surface area contributed by atoms with Gasteiger partial charge in [0.25, 0.3) is 0 Å². The topological polar surface area (TPSA) is 59.4 Å². The maximum Gasteiger partial charge on any atom is 0.148 e. The lowest BCUT2D eigenvalue weighted by Crippen LogP contribution is -2.45. The van der Waals surface area contributed by atoms with E-state index >= 15 is 0 Å². The number of likely N-dealkylation sites (N-methyl/N-ethyl adjacent to an activating group) is 1. The van der Waals surface area contributed by atoms with Gasteiger partial charge in [-0.25, -0.2) is 0 Å². The van der Waals surface area contributed by atoms with E-state index in [0.29, 0.717) is 5.75 Å². The maximum absolute atomic E-state index is 10.1. The molecule has 0 spiro atoms.